The molecule has 7 rings (SSSR count). The molecular weight excluding hydrogens is 707 g/mol. The van der Waals surface area contributed by atoms with Crippen molar-refractivity contribution in [1.82, 2.24) is 0 Å². The molecule has 302 valence electrons. The Hall–Kier alpha value is -3.99. The number of carbonyl (C=O) groups excluding carboxylic acids is 4. The van der Waals surface area contributed by atoms with E-state index < -0.39 is 34.1 Å². The van der Waals surface area contributed by atoms with Crippen LogP contribution in [-0.4, -0.2) is 59.5 Å². The highest BCUT2D eigenvalue weighted by Gasteiger charge is 2.65. The fourth-order valence-electron chi connectivity index (χ4n) is 7.30. The molecule has 0 aromatic heterocycles. The van der Waals surface area contributed by atoms with Gasteiger partial charge in [0, 0.05) is 12.8 Å². The van der Waals surface area contributed by atoms with Crippen molar-refractivity contribution in [3.05, 3.63) is 64.5 Å². The number of hydrogen-bond donors (Lipinski definition) is 1. The van der Waals surface area contributed by atoms with Gasteiger partial charge in [-0.2, -0.15) is 0 Å². The van der Waals surface area contributed by atoms with Crippen LogP contribution in [0.1, 0.15) is 124 Å². The minimum absolute atomic E-state index is 0.0832. The van der Waals surface area contributed by atoms with E-state index in [1.165, 1.54) is 11.6 Å². The lowest BCUT2D eigenvalue weighted by atomic mass is 9.87. The quantitative estimate of drug-likeness (QED) is 0.199. The van der Waals surface area contributed by atoms with Crippen molar-refractivity contribution < 1.29 is 52.4 Å². The summed E-state index contributed by atoms with van der Waals surface area (Å²) < 4.78 is 41.0. The smallest absolute Gasteiger partial charge is 0.312 e. The van der Waals surface area contributed by atoms with E-state index in [1.54, 1.807) is 24.3 Å². The van der Waals surface area contributed by atoms with Gasteiger partial charge in [0.05, 0.1) is 28.3 Å². The van der Waals surface area contributed by atoms with Crippen LogP contribution in [0.3, 0.4) is 0 Å². The van der Waals surface area contributed by atoms with Gasteiger partial charge in [-0.1, -0.05) is 32.9 Å². The second-order valence-corrected chi connectivity index (χ2v) is 17.8. The van der Waals surface area contributed by atoms with Crippen molar-refractivity contribution in [3.63, 3.8) is 0 Å². The van der Waals surface area contributed by atoms with Crippen LogP contribution in [0.2, 0.25) is 0 Å². The summed E-state index contributed by atoms with van der Waals surface area (Å²) in [5.74, 6) is -0.875. The van der Waals surface area contributed by atoms with Gasteiger partial charge >= 0.3 is 23.9 Å². The van der Waals surface area contributed by atoms with Crippen molar-refractivity contribution >= 4 is 23.9 Å². The zero-order valence-corrected chi connectivity index (χ0v) is 34.1. The Morgan fingerprint density at radius 2 is 1.42 bits per heavy atom. The number of hydrogen-bond acceptors (Lipinski definition) is 10. The Morgan fingerprint density at radius 3 is 2.05 bits per heavy atom. The van der Waals surface area contributed by atoms with Gasteiger partial charge in [0.2, 0.25) is 0 Å². The third kappa shape index (κ3) is 8.87. The SMILES string of the molecule is CCC(C)(C)C(=O)OC1(C)CCc2cc(F)ccc21.CCC(C)(C)C(=O)OC1C2CC3C(=O)OC1C3O2.CCC(C)(C)C(=O)OC1Cc2ccc(O)cc2C1. The lowest BCUT2D eigenvalue weighted by Gasteiger charge is -2.31. The summed E-state index contributed by atoms with van der Waals surface area (Å²) in [5, 5.41) is 9.42. The molecule has 2 bridgehead atoms. The fourth-order valence-corrected chi connectivity index (χ4v) is 7.30. The normalized spacial score (nSPS) is 27.1. The molecule has 0 radical (unpaired) electrons. The van der Waals surface area contributed by atoms with Crippen molar-refractivity contribution in [1.29, 1.82) is 0 Å². The lowest BCUT2D eigenvalue weighted by molar-refractivity contribution is -0.170. The molecule has 3 fully saturated rings. The first-order valence-corrected chi connectivity index (χ1v) is 19.8. The fraction of sp³-hybridized carbons (Fsp3) is 0.636. The van der Waals surface area contributed by atoms with Gasteiger partial charge in [0.25, 0.3) is 0 Å². The third-order valence-corrected chi connectivity index (χ3v) is 12.5. The highest BCUT2D eigenvalue weighted by atomic mass is 19.1. The van der Waals surface area contributed by atoms with E-state index in [-0.39, 0.29) is 59.7 Å². The number of phenolic OH excluding ortho intramolecular Hbond substituents is 1. The Morgan fingerprint density at radius 1 is 0.818 bits per heavy atom. The monoisotopic (exact) mass is 766 g/mol. The van der Waals surface area contributed by atoms with E-state index in [1.807, 2.05) is 75.3 Å². The van der Waals surface area contributed by atoms with Crippen LogP contribution in [0, 0.1) is 28.0 Å². The number of phenols is 1. The summed E-state index contributed by atoms with van der Waals surface area (Å²) in [5.41, 5.74) is 2.11. The maximum Gasteiger partial charge on any atom is 0.312 e. The predicted molar refractivity (Wildman–Crippen MR) is 202 cm³/mol. The number of carbonyl (C=O) groups is 4. The van der Waals surface area contributed by atoms with E-state index in [0.717, 1.165) is 48.8 Å². The second-order valence-electron chi connectivity index (χ2n) is 17.8. The minimum atomic E-state index is -0.618. The molecule has 2 aromatic carbocycles. The second kappa shape index (κ2) is 15.9. The Balaban J connectivity index is 0.000000158. The van der Waals surface area contributed by atoms with Crippen molar-refractivity contribution in [2.24, 2.45) is 22.2 Å². The number of ether oxygens (including phenoxy) is 5. The Kier molecular flexibility index (Phi) is 12.2. The number of esters is 4. The number of fused-ring (bicyclic) bond motifs is 3. The Bertz CT molecular complexity index is 1780. The van der Waals surface area contributed by atoms with Crippen LogP contribution >= 0.6 is 0 Å². The number of rotatable bonds is 9. The molecule has 2 aliphatic carbocycles. The molecular formula is C44H59FO10. The van der Waals surface area contributed by atoms with Crippen LogP contribution < -0.4 is 0 Å². The number of aryl methyl sites for hydroxylation is 1. The molecule has 7 unspecified atom stereocenters. The van der Waals surface area contributed by atoms with Gasteiger partial charge in [-0.25, -0.2) is 4.39 Å². The van der Waals surface area contributed by atoms with E-state index in [9.17, 15) is 28.7 Å². The van der Waals surface area contributed by atoms with Crippen molar-refractivity contribution in [3.8, 4) is 5.75 Å². The van der Waals surface area contributed by atoms with Gasteiger partial charge in [0.15, 0.2) is 12.2 Å². The van der Waals surface area contributed by atoms with Crippen LogP contribution in [0.25, 0.3) is 0 Å². The molecule has 11 heteroatoms. The first-order chi connectivity index (χ1) is 25.6. The Labute approximate surface area is 324 Å². The van der Waals surface area contributed by atoms with Crippen LogP contribution in [0.5, 0.6) is 5.75 Å². The van der Waals surface area contributed by atoms with E-state index >= 15 is 0 Å². The molecule has 0 amide bonds. The molecule has 0 saturated carbocycles. The first-order valence-electron chi connectivity index (χ1n) is 19.8. The number of halogens is 1. The molecule has 5 aliphatic rings. The summed E-state index contributed by atoms with van der Waals surface area (Å²) in [6.07, 6.45) is 4.49. The molecule has 1 N–H and O–H groups in total. The molecule has 3 aliphatic heterocycles. The highest BCUT2D eigenvalue weighted by molar-refractivity contribution is 5.79. The topological polar surface area (TPSA) is 135 Å². The molecule has 10 nitrogen and oxygen atoms in total. The van der Waals surface area contributed by atoms with Crippen molar-refractivity contribution in [2.75, 3.05) is 0 Å². The average molecular weight is 767 g/mol. The van der Waals surface area contributed by atoms with Crippen molar-refractivity contribution in [2.45, 2.75) is 157 Å². The third-order valence-electron chi connectivity index (χ3n) is 12.5. The van der Waals surface area contributed by atoms with Gasteiger partial charge in [-0.05, 0) is 134 Å². The molecule has 7 atom stereocenters. The largest absolute Gasteiger partial charge is 0.508 e. The standard InChI is InChI=1S/C16H21FO2.C15H20O3.C13H18O5/c1-5-15(2,3)14(18)19-16(4)9-8-11-10-12(17)6-7-13(11)16;1-4-15(2,3)14(17)18-13-8-10-5-6-12(16)7-11(10)9-13;1-4-13(2,3)12(15)18-9-7-5-6-8(16-7)10(9)17-11(6)14/h6-7,10H,5,8-9H2,1-4H3;5-7,13,16H,4,8-9H2,1-3H3;6-10H,4-5H2,1-3H3. The highest BCUT2D eigenvalue weighted by Crippen LogP contribution is 2.48. The summed E-state index contributed by atoms with van der Waals surface area (Å²) >= 11 is 0. The van der Waals surface area contributed by atoms with E-state index in [0.29, 0.717) is 19.3 Å². The summed E-state index contributed by atoms with van der Waals surface area (Å²) in [7, 11) is 0. The molecule has 55 heavy (non-hydrogen) atoms. The van der Waals surface area contributed by atoms with Crippen LogP contribution in [0.4, 0.5) is 4.39 Å². The number of benzene rings is 2. The van der Waals surface area contributed by atoms with E-state index in [2.05, 4.69) is 0 Å². The molecule has 2 aromatic rings. The zero-order valence-electron chi connectivity index (χ0n) is 34.1. The zero-order chi connectivity index (χ0) is 40.7. The maximum absolute atomic E-state index is 13.2. The minimum Gasteiger partial charge on any atom is -0.508 e. The van der Waals surface area contributed by atoms with Gasteiger partial charge in [-0.15, -0.1) is 0 Å². The summed E-state index contributed by atoms with van der Waals surface area (Å²) in [4.78, 5) is 47.8. The number of aromatic hydroxyl groups is 1. The van der Waals surface area contributed by atoms with E-state index in [4.69, 9.17) is 23.7 Å². The van der Waals surface area contributed by atoms with Gasteiger partial charge in [-0.3, -0.25) is 19.2 Å². The van der Waals surface area contributed by atoms with Gasteiger partial charge in [0.1, 0.15) is 29.4 Å². The van der Waals surface area contributed by atoms with Crippen LogP contribution in [-0.2, 0) is 67.7 Å². The first kappa shape index (κ1) is 42.2. The molecule has 3 saturated heterocycles. The molecule has 0 spiro atoms. The predicted octanol–water partition coefficient (Wildman–Crippen LogP) is 7.85. The molecule has 3 heterocycles. The lowest BCUT2D eigenvalue weighted by Crippen LogP contribution is -2.42. The maximum atomic E-state index is 13.2. The average Bonchev–Trinajstić information content (AvgIpc) is 3.93. The summed E-state index contributed by atoms with van der Waals surface area (Å²) in [6.45, 7) is 19.1. The van der Waals surface area contributed by atoms with Gasteiger partial charge < -0.3 is 28.8 Å². The summed E-state index contributed by atoms with van der Waals surface area (Å²) in [6, 6.07) is 10.1. The van der Waals surface area contributed by atoms with Crippen LogP contribution in [0.15, 0.2) is 36.4 Å².